The number of ketones is 1. The molecule has 0 unspecified atom stereocenters. The Kier molecular flexibility index (Phi) is 26.4. The van der Waals surface area contributed by atoms with Crippen molar-refractivity contribution in [2.45, 2.75) is 28.7 Å². The van der Waals surface area contributed by atoms with E-state index in [0.717, 1.165) is 0 Å². The van der Waals surface area contributed by atoms with Crippen LogP contribution in [0.15, 0.2) is 11.8 Å². The van der Waals surface area contributed by atoms with Crippen LogP contribution in [-0.4, -0.2) is 10.9 Å². The van der Waals surface area contributed by atoms with Gasteiger partial charge in [-0.25, -0.2) is 0 Å². The minimum Gasteiger partial charge on any atom is -0.512 e. The Labute approximate surface area is 78.8 Å². The van der Waals surface area contributed by atoms with Gasteiger partial charge in [0.25, 0.3) is 0 Å². The molecule has 67 valence electrons. The van der Waals surface area contributed by atoms with Crippen LogP contribution in [-0.2, 0) is 27.2 Å². The molecule has 0 rings (SSSR count). The molecule has 0 aromatic heterocycles. The van der Waals surface area contributed by atoms with Crippen LogP contribution in [0, 0.1) is 0 Å². The molecule has 0 bridgehead atoms. The summed E-state index contributed by atoms with van der Waals surface area (Å²) in [5.41, 5.74) is 0. The first-order chi connectivity index (χ1) is 3.13. The monoisotopic (exact) mass is 329 g/mol. The average Bonchev–Trinajstić information content (AvgIpc) is 1.27. The summed E-state index contributed by atoms with van der Waals surface area (Å²) in [5, 5.41) is 8.36. The summed E-state index contributed by atoms with van der Waals surface area (Å²) in [4.78, 5) is 10.0. The molecule has 1 radical (unpaired) electrons. The van der Waals surface area contributed by atoms with Crippen molar-refractivity contribution in [2.24, 2.45) is 0 Å². The van der Waals surface area contributed by atoms with Crippen molar-refractivity contribution in [2.75, 3.05) is 0 Å². The molecule has 2 nitrogen and oxygen atoms in total. The second-order valence-corrected chi connectivity index (χ2v) is 1.40. The van der Waals surface area contributed by atoms with Crippen molar-refractivity contribution in [3.63, 3.8) is 0 Å². The van der Waals surface area contributed by atoms with Gasteiger partial charge in [-0.3, -0.25) is 4.79 Å². The third-order valence-electron chi connectivity index (χ3n) is 0.412. The number of carbonyl (C=O) groups is 1. The van der Waals surface area contributed by atoms with E-state index in [1.807, 2.05) is 0 Å². The fraction of sp³-hybridized carbons (Fsp3) is 0.571. The molecular weight excluding hydrogens is 313 g/mol. The van der Waals surface area contributed by atoms with Gasteiger partial charge in [-0.15, -0.1) is 0 Å². The fourth-order valence-corrected chi connectivity index (χ4v) is 0.294. The Balaban J connectivity index is -0.0000000600. The normalized spacial score (nSPS) is 8.00. The van der Waals surface area contributed by atoms with Crippen LogP contribution in [0.2, 0.25) is 0 Å². The number of aliphatic hydroxyl groups is 1. The second kappa shape index (κ2) is 11.7. The standard InChI is InChI=1S/C5H8O2.2CH4.Au/c1-4(6)3-5(2)7;;;/h3,6H,1-2H3;2*1H4;/b4-3-;;;. The van der Waals surface area contributed by atoms with Crippen molar-refractivity contribution in [1.29, 1.82) is 0 Å². The van der Waals surface area contributed by atoms with E-state index >= 15 is 0 Å². The first-order valence-electron chi connectivity index (χ1n) is 2.01. The van der Waals surface area contributed by atoms with Crippen LogP contribution in [0.25, 0.3) is 0 Å². The molecule has 0 aliphatic rings. The van der Waals surface area contributed by atoms with Crippen molar-refractivity contribution < 1.29 is 32.3 Å². The van der Waals surface area contributed by atoms with E-state index in [2.05, 4.69) is 0 Å². The Hall–Kier alpha value is -0.0497. The molecule has 10 heavy (non-hydrogen) atoms. The quantitative estimate of drug-likeness (QED) is 0.455. The molecule has 0 aromatic carbocycles. The van der Waals surface area contributed by atoms with Gasteiger partial charge in [0.2, 0.25) is 0 Å². The number of rotatable bonds is 1. The van der Waals surface area contributed by atoms with Gasteiger partial charge in [-0.2, -0.15) is 0 Å². The van der Waals surface area contributed by atoms with Crippen LogP contribution in [0.5, 0.6) is 0 Å². The summed E-state index contributed by atoms with van der Waals surface area (Å²) < 4.78 is 0. The van der Waals surface area contributed by atoms with Crippen molar-refractivity contribution >= 4 is 5.78 Å². The smallest absolute Gasteiger partial charge is 0.155 e. The van der Waals surface area contributed by atoms with Gasteiger partial charge in [0.15, 0.2) is 5.78 Å². The molecule has 1 N–H and O–H groups in total. The molecule has 0 aromatic rings. The molecule has 0 fully saturated rings. The van der Waals surface area contributed by atoms with Crippen LogP contribution < -0.4 is 0 Å². The Morgan fingerprint density at radius 2 is 1.60 bits per heavy atom. The van der Waals surface area contributed by atoms with Crippen molar-refractivity contribution in [1.82, 2.24) is 0 Å². The average molecular weight is 329 g/mol. The summed E-state index contributed by atoms with van der Waals surface area (Å²) in [6, 6.07) is 0. The molecule has 0 aliphatic carbocycles. The van der Waals surface area contributed by atoms with Crippen molar-refractivity contribution in [3.05, 3.63) is 11.8 Å². The maximum absolute atomic E-state index is 10.0. The second-order valence-electron chi connectivity index (χ2n) is 1.40. The Morgan fingerprint density at radius 1 is 1.30 bits per heavy atom. The molecular formula is C7H16AuO2. The van der Waals surface area contributed by atoms with Crippen LogP contribution in [0.1, 0.15) is 28.7 Å². The molecule has 0 aliphatic heterocycles. The summed E-state index contributed by atoms with van der Waals surface area (Å²) in [6.07, 6.45) is 1.17. The molecule has 0 heterocycles. The first-order valence-corrected chi connectivity index (χ1v) is 2.01. The van der Waals surface area contributed by atoms with Crippen molar-refractivity contribution in [3.8, 4) is 0 Å². The van der Waals surface area contributed by atoms with E-state index in [0.29, 0.717) is 0 Å². The number of hydrogen-bond acceptors (Lipinski definition) is 2. The predicted octanol–water partition coefficient (Wildman–Crippen LogP) is 2.31. The molecule has 0 amide bonds. The Morgan fingerprint density at radius 3 is 1.60 bits per heavy atom. The third kappa shape index (κ3) is 24.6. The van der Waals surface area contributed by atoms with Gasteiger partial charge < -0.3 is 5.11 Å². The van der Waals surface area contributed by atoms with E-state index in [-0.39, 0.29) is 48.8 Å². The van der Waals surface area contributed by atoms with Gasteiger partial charge >= 0.3 is 0 Å². The molecule has 0 saturated heterocycles. The predicted molar refractivity (Wildman–Crippen MR) is 40.5 cm³/mol. The van der Waals surface area contributed by atoms with E-state index in [1.54, 1.807) is 0 Å². The Bertz CT molecular complexity index is 104. The van der Waals surface area contributed by atoms with Gasteiger partial charge in [0, 0.05) is 28.5 Å². The van der Waals surface area contributed by atoms with Gasteiger partial charge in [-0.1, -0.05) is 14.9 Å². The number of allylic oxidation sites excluding steroid dienone is 2. The zero-order valence-electron chi connectivity index (χ0n) is 4.73. The number of carbonyl (C=O) groups excluding carboxylic acids is 1. The molecule has 0 atom stereocenters. The minimum absolute atomic E-state index is 0. The largest absolute Gasteiger partial charge is 0.512 e. The van der Waals surface area contributed by atoms with Crippen LogP contribution >= 0.6 is 0 Å². The van der Waals surface area contributed by atoms with E-state index < -0.39 is 0 Å². The maximum atomic E-state index is 10.0. The van der Waals surface area contributed by atoms with E-state index in [9.17, 15) is 4.79 Å². The maximum Gasteiger partial charge on any atom is 0.155 e. The molecule has 3 heteroatoms. The minimum atomic E-state index is -0.125. The fourth-order valence-electron chi connectivity index (χ4n) is 0.294. The summed E-state index contributed by atoms with van der Waals surface area (Å²) in [7, 11) is 0. The van der Waals surface area contributed by atoms with Gasteiger partial charge in [-0.05, 0) is 13.8 Å². The summed E-state index contributed by atoms with van der Waals surface area (Å²) in [5.74, 6) is -0.0625. The van der Waals surface area contributed by atoms with Gasteiger partial charge in [0.05, 0.1) is 5.76 Å². The first kappa shape index (κ1) is 22.5. The number of hydrogen-bond donors (Lipinski definition) is 1. The van der Waals surface area contributed by atoms with Crippen LogP contribution in [0.3, 0.4) is 0 Å². The summed E-state index contributed by atoms with van der Waals surface area (Å²) >= 11 is 0. The topological polar surface area (TPSA) is 37.3 Å². The third-order valence-corrected chi connectivity index (χ3v) is 0.412. The zero-order valence-corrected chi connectivity index (χ0v) is 6.90. The molecule has 0 saturated carbocycles. The SMILES string of the molecule is C.C.CC(=O)/C=C(/C)O.[Au]. The van der Waals surface area contributed by atoms with E-state index in [1.165, 1.54) is 19.9 Å². The molecule has 0 spiro atoms. The van der Waals surface area contributed by atoms with E-state index in [4.69, 9.17) is 5.11 Å². The summed E-state index contributed by atoms with van der Waals surface area (Å²) in [6.45, 7) is 2.85. The van der Waals surface area contributed by atoms with Gasteiger partial charge in [0.1, 0.15) is 0 Å². The zero-order chi connectivity index (χ0) is 5.86. The number of aliphatic hydroxyl groups excluding tert-OH is 1. The van der Waals surface area contributed by atoms with Crippen LogP contribution in [0.4, 0.5) is 0 Å².